The minimum atomic E-state index is 0.0625. The predicted molar refractivity (Wildman–Crippen MR) is 166 cm³/mol. The van der Waals surface area contributed by atoms with E-state index in [1.807, 2.05) is 0 Å². The number of fused-ring (bicyclic) bond motifs is 1. The Balaban J connectivity index is 0.968. The molecule has 2 atom stereocenters. The van der Waals surface area contributed by atoms with E-state index in [4.69, 9.17) is 4.98 Å². The second-order valence-corrected chi connectivity index (χ2v) is 14.0. The molecule has 1 aromatic heterocycles. The van der Waals surface area contributed by atoms with Crippen molar-refractivity contribution in [2.45, 2.75) is 109 Å². The molecule has 4 nitrogen and oxygen atoms in total. The van der Waals surface area contributed by atoms with Crippen LogP contribution in [0.5, 0.6) is 0 Å². The summed E-state index contributed by atoms with van der Waals surface area (Å²) in [5.74, 6) is 3.43. The lowest BCUT2D eigenvalue weighted by molar-refractivity contribution is 0.0343. The molecule has 0 radical (unpaired) electrons. The molecule has 2 unspecified atom stereocenters. The van der Waals surface area contributed by atoms with Crippen LogP contribution in [0.3, 0.4) is 0 Å². The molecule has 4 heteroatoms. The first-order valence-corrected chi connectivity index (χ1v) is 16.4. The van der Waals surface area contributed by atoms with Gasteiger partial charge in [0.25, 0.3) is 0 Å². The van der Waals surface area contributed by atoms with E-state index in [2.05, 4.69) is 67.1 Å². The number of hydrogen-bond acceptors (Lipinski definition) is 4. The van der Waals surface area contributed by atoms with Crippen LogP contribution >= 0.6 is 0 Å². The number of rotatable bonds is 12. The largest absolute Gasteiger partial charge is 0.510 e. The molecule has 3 fully saturated rings. The lowest BCUT2D eigenvalue weighted by Gasteiger charge is -2.46. The van der Waals surface area contributed by atoms with Gasteiger partial charge in [0.15, 0.2) is 0 Å². The highest BCUT2D eigenvalue weighted by Crippen LogP contribution is 2.52. The fourth-order valence-electron chi connectivity index (χ4n) is 7.49. The third-order valence-electron chi connectivity index (χ3n) is 10.5. The van der Waals surface area contributed by atoms with E-state index in [1.165, 1.54) is 98.0 Å². The van der Waals surface area contributed by atoms with Crippen molar-refractivity contribution in [2.24, 2.45) is 11.8 Å². The molecule has 4 aliphatic rings. The minimum Gasteiger partial charge on any atom is -0.510 e. The summed E-state index contributed by atoms with van der Waals surface area (Å²) in [6.45, 7) is 8.23. The average molecular weight is 542 g/mol. The van der Waals surface area contributed by atoms with E-state index in [-0.39, 0.29) is 6.04 Å². The molecule has 3 heterocycles. The van der Waals surface area contributed by atoms with Crippen molar-refractivity contribution in [1.82, 2.24) is 9.88 Å². The molecule has 0 spiro atoms. The van der Waals surface area contributed by atoms with Gasteiger partial charge < -0.3 is 10.0 Å². The molecule has 0 bridgehead atoms. The highest BCUT2D eigenvalue weighted by molar-refractivity contribution is 5.49. The van der Waals surface area contributed by atoms with Crippen molar-refractivity contribution in [1.29, 1.82) is 0 Å². The summed E-state index contributed by atoms with van der Waals surface area (Å²) in [4.78, 5) is 9.88. The molecule has 0 amide bonds. The van der Waals surface area contributed by atoms with Crippen LogP contribution in [0.4, 0.5) is 5.82 Å². The Bertz CT molecular complexity index is 1200. The zero-order valence-corrected chi connectivity index (χ0v) is 25.3. The third kappa shape index (κ3) is 5.98. The number of pyridine rings is 1. The monoisotopic (exact) mass is 541 g/mol. The average Bonchev–Trinajstić information content (AvgIpc) is 3.65. The van der Waals surface area contributed by atoms with E-state index in [1.54, 1.807) is 0 Å². The summed E-state index contributed by atoms with van der Waals surface area (Å²) in [6.07, 6.45) is 16.0. The van der Waals surface area contributed by atoms with E-state index in [0.717, 1.165) is 50.7 Å². The summed E-state index contributed by atoms with van der Waals surface area (Å²) in [5, 5.41) is 11.4. The van der Waals surface area contributed by atoms with Gasteiger partial charge in [0, 0.05) is 32.4 Å². The van der Waals surface area contributed by atoms with E-state index >= 15 is 0 Å². The van der Waals surface area contributed by atoms with Gasteiger partial charge in [-0.15, -0.1) is 0 Å². The number of allylic oxidation sites excluding steroid dienone is 1. The molecule has 1 aromatic carbocycles. The van der Waals surface area contributed by atoms with Crippen LogP contribution in [0, 0.1) is 11.8 Å². The van der Waals surface area contributed by atoms with Crippen molar-refractivity contribution >= 4 is 5.82 Å². The van der Waals surface area contributed by atoms with Crippen molar-refractivity contribution < 1.29 is 5.11 Å². The molecule has 2 saturated carbocycles. The molecule has 6 rings (SSSR count). The summed E-state index contributed by atoms with van der Waals surface area (Å²) in [7, 11) is 2.18. The van der Waals surface area contributed by atoms with Gasteiger partial charge in [0.05, 0.1) is 6.04 Å². The summed E-state index contributed by atoms with van der Waals surface area (Å²) >= 11 is 0. The van der Waals surface area contributed by atoms with Crippen molar-refractivity contribution in [3.8, 4) is 0 Å². The smallest absolute Gasteiger partial charge is 0.131 e. The third-order valence-corrected chi connectivity index (χ3v) is 10.5. The van der Waals surface area contributed by atoms with E-state index < -0.39 is 0 Å². The van der Waals surface area contributed by atoms with Gasteiger partial charge in [0.2, 0.25) is 0 Å². The number of aromatic nitrogens is 1. The van der Waals surface area contributed by atoms with Gasteiger partial charge in [0.1, 0.15) is 11.6 Å². The Morgan fingerprint density at radius 1 is 1.02 bits per heavy atom. The topological polar surface area (TPSA) is 39.6 Å². The fraction of sp³-hybridized carbons (Fsp3) is 0.639. The Morgan fingerprint density at radius 2 is 1.82 bits per heavy atom. The first kappa shape index (κ1) is 27.8. The predicted octanol–water partition coefficient (Wildman–Crippen LogP) is 8.31. The first-order chi connectivity index (χ1) is 19.4. The number of unbranched alkanes of at least 4 members (excludes halogenated alkanes) is 2. The van der Waals surface area contributed by atoms with E-state index in [9.17, 15) is 5.11 Å². The number of likely N-dealkylation sites (tertiary alicyclic amines) is 1. The van der Waals surface area contributed by atoms with Crippen LogP contribution in [0.25, 0.3) is 0 Å². The van der Waals surface area contributed by atoms with Gasteiger partial charge in [-0.3, -0.25) is 4.90 Å². The van der Waals surface area contributed by atoms with Crippen molar-refractivity contribution in [3.05, 3.63) is 70.1 Å². The molecule has 1 saturated heterocycles. The highest BCUT2D eigenvalue weighted by atomic mass is 16.3. The lowest BCUT2D eigenvalue weighted by Crippen LogP contribution is -2.50. The van der Waals surface area contributed by atoms with Gasteiger partial charge in [-0.25, -0.2) is 4.98 Å². The maximum atomic E-state index is 11.4. The van der Waals surface area contributed by atoms with Gasteiger partial charge in [-0.1, -0.05) is 63.4 Å². The van der Waals surface area contributed by atoms with Crippen molar-refractivity contribution in [2.75, 3.05) is 31.6 Å². The zero-order chi connectivity index (χ0) is 27.7. The zero-order valence-electron chi connectivity index (χ0n) is 25.3. The number of hydrogen-bond donors (Lipinski definition) is 1. The standard InChI is InChI=1S/C36H51N3O/c1-26(11-5-4-6-15-30-19-18-29-14-10-22-38(3)35(29)37-30)23-27-24-39(25-27)33(34(40)28-12-9-13-28)31-16-7-8-17-32(31)36(2)20-21-36/h7-8,16-19,26-27,33,40H,4-6,9-15,20-25H2,1-3H3. The second kappa shape index (κ2) is 11.9. The number of aliphatic hydroxyl groups is 1. The SMILES string of the molecule is CC(CCCCCc1ccc2c(n1)N(C)CCC2)CC1CN(C(C(O)=C2CCC2)c2ccccc2C2(C)CC2)C1. The van der Waals surface area contributed by atoms with Crippen molar-refractivity contribution in [3.63, 3.8) is 0 Å². The normalized spacial score (nSPS) is 21.8. The highest BCUT2D eigenvalue weighted by Gasteiger charge is 2.44. The maximum Gasteiger partial charge on any atom is 0.131 e. The Morgan fingerprint density at radius 3 is 2.58 bits per heavy atom. The number of benzene rings is 1. The van der Waals surface area contributed by atoms with Crippen LogP contribution in [0.15, 0.2) is 47.7 Å². The molecule has 40 heavy (non-hydrogen) atoms. The Labute approximate surface area is 242 Å². The molecule has 216 valence electrons. The molecular formula is C36H51N3O. The fourth-order valence-corrected chi connectivity index (χ4v) is 7.49. The number of aliphatic hydroxyl groups excluding tert-OH is 1. The molecule has 1 N–H and O–H groups in total. The van der Waals surface area contributed by atoms with E-state index in [0.29, 0.717) is 11.2 Å². The molecule has 2 aliphatic heterocycles. The molecule has 2 aliphatic carbocycles. The van der Waals surface area contributed by atoms with Gasteiger partial charge in [-0.05, 0) is 110 Å². The number of aryl methyl sites for hydroxylation is 2. The Kier molecular flexibility index (Phi) is 8.26. The summed E-state index contributed by atoms with van der Waals surface area (Å²) in [5.41, 5.74) is 7.14. The quantitative estimate of drug-likeness (QED) is 0.217. The maximum absolute atomic E-state index is 11.4. The van der Waals surface area contributed by atoms with Gasteiger partial charge in [-0.2, -0.15) is 0 Å². The summed E-state index contributed by atoms with van der Waals surface area (Å²) in [6, 6.07) is 13.6. The van der Waals surface area contributed by atoms with Crippen LogP contribution in [-0.4, -0.2) is 41.7 Å². The first-order valence-electron chi connectivity index (χ1n) is 16.4. The number of nitrogens with zero attached hydrogens (tertiary/aromatic N) is 3. The second-order valence-electron chi connectivity index (χ2n) is 14.0. The van der Waals surface area contributed by atoms with Crippen LogP contribution < -0.4 is 4.90 Å². The molecule has 2 aromatic rings. The van der Waals surface area contributed by atoms with Gasteiger partial charge >= 0.3 is 0 Å². The van der Waals surface area contributed by atoms with Crippen LogP contribution in [0.1, 0.15) is 113 Å². The van der Waals surface area contributed by atoms with Crippen LogP contribution in [0.2, 0.25) is 0 Å². The molecular weight excluding hydrogens is 490 g/mol. The minimum absolute atomic E-state index is 0.0625. The van der Waals surface area contributed by atoms with Crippen LogP contribution in [-0.2, 0) is 18.3 Å². The lowest BCUT2D eigenvalue weighted by atomic mass is 9.80. The number of anilines is 1. The Hall–Kier alpha value is -2.33. The summed E-state index contributed by atoms with van der Waals surface area (Å²) < 4.78 is 0.